The standard InChI is InChI=1S/C13H16BrClO/c1-2-9(8-14)5-11-7-12(15)6-10-3-4-16-13(10)11/h6-7,9H,2-5,8H2,1H3. The van der Waals surface area contributed by atoms with Gasteiger partial charge in [-0.15, -0.1) is 0 Å². The van der Waals surface area contributed by atoms with Crippen molar-refractivity contribution in [2.75, 3.05) is 11.9 Å². The Kier molecular flexibility index (Phi) is 4.15. The quantitative estimate of drug-likeness (QED) is 0.756. The van der Waals surface area contributed by atoms with E-state index in [2.05, 4.69) is 28.9 Å². The molecule has 0 saturated carbocycles. The third-order valence-corrected chi connectivity index (χ3v) is 4.26. The molecule has 0 radical (unpaired) electrons. The molecule has 1 nitrogen and oxygen atoms in total. The summed E-state index contributed by atoms with van der Waals surface area (Å²) in [7, 11) is 0. The van der Waals surface area contributed by atoms with Crippen molar-refractivity contribution < 1.29 is 4.74 Å². The molecule has 0 bridgehead atoms. The topological polar surface area (TPSA) is 9.23 Å². The summed E-state index contributed by atoms with van der Waals surface area (Å²) in [6.07, 6.45) is 3.21. The lowest BCUT2D eigenvalue weighted by molar-refractivity contribution is 0.351. The van der Waals surface area contributed by atoms with Gasteiger partial charge < -0.3 is 4.74 Å². The highest BCUT2D eigenvalue weighted by Crippen LogP contribution is 2.34. The second kappa shape index (κ2) is 5.42. The molecule has 1 atom stereocenters. The van der Waals surface area contributed by atoms with E-state index in [1.807, 2.05) is 6.07 Å². The summed E-state index contributed by atoms with van der Waals surface area (Å²) in [6.45, 7) is 3.02. The van der Waals surface area contributed by atoms with Crippen LogP contribution in [-0.4, -0.2) is 11.9 Å². The van der Waals surface area contributed by atoms with Crippen LogP contribution in [0, 0.1) is 5.92 Å². The second-order valence-corrected chi connectivity index (χ2v) is 5.37. The van der Waals surface area contributed by atoms with Gasteiger partial charge in [-0.2, -0.15) is 0 Å². The Labute approximate surface area is 110 Å². The summed E-state index contributed by atoms with van der Waals surface area (Å²) in [5.74, 6) is 1.75. The fraction of sp³-hybridized carbons (Fsp3) is 0.538. The molecule has 2 rings (SSSR count). The first-order valence-corrected chi connectivity index (χ1v) is 7.24. The Morgan fingerprint density at radius 3 is 3.00 bits per heavy atom. The van der Waals surface area contributed by atoms with E-state index in [-0.39, 0.29) is 0 Å². The Bertz CT molecular complexity index is 374. The lowest BCUT2D eigenvalue weighted by Gasteiger charge is -2.14. The van der Waals surface area contributed by atoms with Crippen LogP contribution in [0.4, 0.5) is 0 Å². The van der Waals surface area contributed by atoms with Crippen molar-refractivity contribution in [1.29, 1.82) is 0 Å². The van der Waals surface area contributed by atoms with E-state index in [9.17, 15) is 0 Å². The van der Waals surface area contributed by atoms with Crippen LogP contribution in [0.5, 0.6) is 5.75 Å². The SMILES string of the molecule is CCC(CBr)Cc1cc(Cl)cc2c1OCC2. The molecule has 1 heterocycles. The normalized spacial score (nSPS) is 15.7. The zero-order valence-electron chi connectivity index (χ0n) is 9.43. The van der Waals surface area contributed by atoms with Crippen molar-refractivity contribution in [3.05, 3.63) is 28.3 Å². The van der Waals surface area contributed by atoms with E-state index >= 15 is 0 Å². The third kappa shape index (κ3) is 2.54. The lowest BCUT2D eigenvalue weighted by Crippen LogP contribution is -2.05. The number of fused-ring (bicyclic) bond motifs is 1. The average Bonchev–Trinajstić information content (AvgIpc) is 2.73. The molecule has 0 aromatic heterocycles. The first-order valence-electron chi connectivity index (χ1n) is 5.74. The number of hydrogen-bond donors (Lipinski definition) is 0. The van der Waals surface area contributed by atoms with Crippen LogP contribution >= 0.6 is 27.5 Å². The van der Waals surface area contributed by atoms with Crippen LogP contribution in [0.2, 0.25) is 5.02 Å². The van der Waals surface area contributed by atoms with E-state index < -0.39 is 0 Å². The van der Waals surface area contributed by atoms with E-state index in [0.29, 0.717) is 5.92 Å². The van der Waals surface area contributed by atoms with Crippen molar-refractivity contribution >= 4 is 27.5 Å². The molecular formula is C13H16BrClO. The molecule has 1 aromatic rings. The molecular weight excluding hydrogens is 287 g/mol. The highest BCUT2D eigenvalue weighted by Gasteiger charge is 2.19. The molecule has 0 N–H and O–H groups in total. The van der Waals surface area contributed by atoms with Crippen molar-refractivity contribution in [3.8, 4) is 5.75 Å². The molecule has 88 valence electrons. The molecule has 0 spiro atoms. The van der Waals surface area contributed by atoms with Crippen molar-refractivity contribution in [2.45, 2.75) is 26.2 Å². The summed E-state index contributed by atoms with van der Waals surface area (Å²) in [5, 5.41) is 1.87. The Morgan fingerprint density at radius 1 is 1.50 bits per heavy atom. The minimum Gasteiger partial charge on any atom is -0.493 e. The van der Waals surface area contributed by atoms with Crippen LogP contribution in [0.3, 0.4) is 0 Å². The molecule has 1 aliphatic rings. The number of ether oxygens (including phenoxy) is 1. The monoisotopic (exact) mass is 302 g/mol. The van der Waals surface area contributed by atoms with Gasteiger partial charge >= 0.3 is 0 Å². The van der Waals surface area contributed by atoms with Gasteiger partial charge in [0.2, 0.25) is 0 Å². The first kappa shape index (κ1) is 12.3. The number of alkyl halides is 1. The van der Waals surface area contributed by atoms with E-state index in [1.54, 1.807) is 0 Å². The van der Waals surface area contributed by atoms with Gasteiger partial charge in [-0.25, -0.2) is 0 Å². The zero-order chi connectivity index (χ0) is 11.5. The Balaban J connectivity index is 2.26. The largest absolute Gasteiger partial charge is 0.493 e. The lowest BCUT2D eigenvalue weighted by atomic mass is 9.96. The average molecular weight is 304 g/mol. The Morgan fingerprint density at radius 2 is 2.31 bits per heavy atom. The van der Waals surface area contributed by atoms with Gasteiger partial charge in [-0.05, 0) is 35.6 Å². The molecule has 1 unspecified atom stereocenters. The van der Waals surface area contributed by atoms with E-state index in [1.165, 1.54) is 17.5 Å². The molecule has 0 fully saturated rings. The predicted octanol–water partition coefficient (Wildman–Crippen LogP) is 4.24. The molecule has 0 saturated heterocycles. The second-order valence-electron chi connectivity index (χ2n) is 4.28. The molecule has 3 heteroatoms. The van der Waals surface area contributed by atoms with Gasteiger partial charge in [-0.1, -0.05) is 40.9 Å². The van der Waals surface area contributed by atoms with Crippen LogP contribution in [0.25, 0.3) is 0 Å². The molecule has 0 aliphatic carbocycles. The number of benzene rings is 1. The van der Waals surface area contributed by atoms with Crippen molar-refractivity contribution in [3.63, 3.8) is 0 Å². The fourth-order valence-corrected chi connectivity index (χ4v) is 3.07. The summed E-state index contributed by atoms with van der Waals surface area (Å²) in [5.41, 5.74) is 2.54. The van der Waals surface area contributed by atoms with Gasteiger partial charge in [0.05, 0.1) is 6.61 Å². The Hall–Kier alpha value is -0.210. The highest BCUT2D eigenvalue weighted by atomic mass is 79.9. The summed E-state index contributed by atoms with van der Waals surface area (Å²) >= 11 is 9.69. The first-order chi connectivity index (χ1) is 7.74. The van der Waals surface area contributed by atoms with Crippen molar-refractivity contribution in [1.82, 2.24) is 0 Å². The number of hydrogen-bond acceptors (Lipinski definition) is 1. The fourth-order valence-electron chi connectivity index (χ4n) is 2.12. The summed E-state index contributed by atoms with van der Waals surface area (Å²) in [6, 6.07) is 4.08. The van der Waals surface area contributed by atoms with Crippen LogP contribution in [0.1, 0.15) is 24.5 Å². The maximum Gasteiger partial charge on any atom is 0.125 e. The molecule has 1 aliphatic heterocycles. The minimum atomic E-state index is 0.659. The maximum absolute atomic E-state index is 6.13. The summed E-state index contributed by atoms with van der Waals surface area (Å²) < 4.78 is 5.70. The van der Waals surface area contributed by atoms with Crippen LogP contribution in [0.15, 0.2) is 12.1 Å². The number of rotatable bonds is 4. The molecule has 16 heavy (non-hydrogen) atoms. The van der Waals surface area contributed by atoms with E-state index in [4.69, 9.17) is 16.3 Å². The summed E-state index contributed by atoms with van der Waals surface area (Å²) in [4.78, 5) is 0. The van der Waals surface area contributed by atoms with Gasteiger partial charge in [-0.3, -0.25) is 0 Å². The molecule has 0 amide bonds. The van der Waals surface area contributed by atoms with Crippen LogP contribution < -0.4 is 4.74 Å². The van der Waals surface area contributed by atoms with Gasteiger partial charge in [0.15, 0.2) is 0 Å². The maximum atomic E-state index is 6.13. The van der Waals surface area contributed by atoms with Crippen molar-refractivity contribution in [2.24, 2.45) is 5.92 Å². The zero-order valence-corrected chi connectivity index (χ0v) is 11.8. The van der Waals surface area contributed by atoms with Gasteiger partial charge in [0.1, 0.15) is 5.75 Å². The minimum absolute atomic E-state index is 0.659. The van der Waals surface area contributed by atoms with Gasteiger partial charge in [0.25, 0.3) is 0 Å². The smallest absolute Gasteiger partial charge is 0.125 e. The highest BCUT2D eigenvalue weighted by molar-refractivity contribution is 9.09. The third-order valence-electron chi connectivity index (χ3n) is 3.13. The van der Waals surface area contributed by atoms with E-state index in [0.717, 1.165) is 35.6 Å². The van der Waals surface area contributed by atoms with Crippen LogP contribution in [-0.2, 0) is 12.8 Å². The van der Waals surface area contributed by atoms with Gasteiger partial charge in [0, 0.05) is 16.8 Å². The molecule has 1 aromatic carbocycles. The number of halogens is 2. The predicted molar refractivity (Wildman–Crippen MR) is 71.9 cm³/mol.